The Bertz CT molecular complexity index is 508. The second-order valence-electron chi connectivity index (χ2n) is 3.57. The minimum atomic E-state index is 0.751. The van der Waals surface area contributed by atoms with E-state index in [1.54, 1.807) is 6.20 Å². The number of anilines is 2. The van der Waals surface area contributed by atoms with Gasteiger partial charge in [0.15, 0.2) is 5.82 Å². The van der Waals surface area contributed by atoms with E-state index < -0.39 is 0 Å². The van der Waals surface area contributed by atoms with Crippen LogP contribution in [0.4, 0.5) is 11.5 Å². The van der Waals surface area contributed by atoms with Crippen LogP contribution in [0, 0.1) is 6.92 Å². The van der Waals surface area contributed by atoms with Crippen LogP contribution in [-0.2, 0) is 0 Å². The molecule has 0 atom stereocenters. The molecule has 0 saturated carbocycles. The Morgan fingerprint density at radius 1 is 1.19 bits per heavy atom. The van der Waals surface area contributed by atoms with Gasteiger partial charge in [-0.05, 0) is 13.0 Å². The Kier molecular flexibility index (Phi) is 2.72. The molecule has 2 rings (SSSR count). The van der Waals surface area contributed by atoms with Crippen molar-refractivity contribution in [1.29, 1.82) is 0 Å². The van der Waals surface area contributed by atoms with Crippen LogP contribution >= 0.6 is 0 Å². The molecule has 1 heterocycles. The van der Waals surface area contributed by atoms with E-state index in [9.17, 15) is 0 Å². The molecular weight excluding hydrogens is 200 g/mol. The number of aromatic nitrogens is 2. The number of rotatable bonds is 2. The predicted octanol–water partition coefficient (Wildman–Crippen LogP) is 2.08. The minimum Gasteiger partial charge on any atom is -0.398 e. The van der Waals surface area contributed by atoms with Gasteiger partial charge < -0.3 is 11.1 Å². The normalized spacial score (nSPS) is 10.1. The zero-order chi connectivity index (χ0) is 11.5. The maximum absolute atomic E-state index is 5.94. The standard InChI is InChI=1S/C12H14N4/c1-8-10(7-15-16-12(8)14-2)9-5-3-4-6-11(9)13/h3-7H,13H2,1-2H3,(H,14,16). The Morgan fingerprint density at radius 2 is 1.94 bits per heavy atom. The van der Waals surface area contributed by atoms with Crippen molar-refractivity contribution in [3.8, 4) is 11.1 Å². The molecule has 0 amide bonds. The number of nitrogens with one attached hydrogen (secondary N) is 1. The highest BCUT2D eigenvalue weighted by Crippen LogP contribution is 2.29. The minimum absolute atomic E-state index is 0.751. The molecule has 0 fully saturated rings. The van der Waals surface area contributed by atoms with Gasteiger partial charge in [0.05, 0.1) is 6.20 Å². The molecule has 0 spiro atoms. The Morgan fingerprint density at radius 3 is 2.62 bits per heavy atom. The quantitative estimate of drug-likeness (QED) is 0.751. The van der Waals surface area contributed by atoms with Crippen LogP contribution < -0.4 is 11.1 Å². The Hall–Kier alpha value is -2.10. The van der Waals surface area contributed by atoms with Gasteiger partial charge in [-0.2, -0.15) is 5.10 Å². The van der Waals surface area contributed by atoms with Gasteiger partial charge in [-0.15, -0.1) is 5.10 Å². The fourth-order valence-corrected chi connectivity index (χ4v) is 1.70. The lowest BCUT2D eigenvalue weighted by atomic mass is 10.0. The zero-order valence-corrected chi connectivity index (χ0v) is 9.36. The van der Waals surface area contributed by atoms with Crippen molar-refractivity contribution in [1.82, 2.24) is 10.2 Å². The van der Waals surface area contributed by atoms with E-state index in [0.29, 0.717) is 0 Å². The van der Waals surface area contributed by atoms with Crippen LogP contribution in [0.1, 0.15) is 5.56 Å². The largest absolute Gasteiger partial charge is 0.398 e. The molecule has 2 aromatic rings. The molecule has 82 valence electrons. The van der Waals surface area contributed by atoms with Crippen LogP contribution in [0.5, 0.6) is 0 Å². The van der Waals surface area contributed by atoms with E-state index in [2.05, 4.69) is 15.5 Å². The molecule has 1 aromatic heterocycles. The van der Waals surface area contributed by atoms with E-state index in [0.717, 1.165) is 28.2 Å². The number of para-hydroxylation sites is 1. The van der Waals surface area contributed by atoms with E-state index in [-0.39, 0.29) is 0 Å². The number of nitrogens with zero attached hydrogens (tertiary/aromatic N) is 2. The van der Waals surface area contributed by atoms with Gasteiger partial charge in [0, 0.05) is 29.4 Å². The van der Waals surface area contributed by atoms with Crippen molar-refractivity contribution in [2.24, 2.45) is 0 Å². The molecule has 0 saturated heterocycles. The molecule has 4 nitrogen and oxygen atoms in total. The molecule has 0 aliphatic rings. The van der Waals surface area contributed by atoms with E-state index >= 15 is 0 Å². The van der Waals surface area contributed by atoms with Crippen LogP contribution in [-0.4, -0.2) is 17.2 Å². The zero-order valence-electron chi connectivity index (χ0n) is 9.36. The van der Waals surface area contributed by atoms with Gasteiger partial charge >= 0.3 is 0 Å². The lowest BCUT2D eigenvalue weighted by Crippen LogP contribution is -2.00. The van der Waals surface area contributed by atoms with Crippen LogP contribution in [0.25, 0.3) is 11.1 Å². The average molecular weight is 214 g/mol. The van der Waals surface area contributed by atoms with Crippen molar-refractivity contribution in [2.45, 2.75) is 6.92 Å². The van der Waals surface area contributed by atoms with Gasteiger partial charge in [0.1, 0.15) is 0 Å². The van der Waals surface area contributed by atoms with Crippen LogP contribution in [0.15, 0.2) is 30.5 Å². The third kappa shape index (κ3) is 1.69. The summed E-state index contributed by atoms with van der Waals surface area (Å²) in [6, 6.07) is 7.75. The smallest absolute Gasteiger partial charge is 0.151 e. The number of nitrogens with two attached hydrogens (primary N) is 1. The predicted molar refractivity (Wildman–Crippen MR) is 66.2 cm³/mol. The maximum Gasteiger partial charge on any atom is 0.151 e. The van der Waals surface area contributed by atoms with Crippen molar-refractivity contribution < 1.29 is 0 Å². The Labute approximate surface area is 94.5 Å². The number of hydrogen-bond acceptors (Lipinski definition) is 4. The van der Waals surface area contributed by atoms with Gasteiger partial charge in [0.2, 0.25) is 0 Å². The molecule has 0 bridgehead atoms. The highest BCUT2D eigenvalue weighted by Gasteiger charge is 2.09. The van der Waals surface area contributed by atoms with E-state index in [1.807, 2.05) is 38.2 Å². The van der Waals surface area contributed by atoms with Gasteiger partial charge in [-0.25, -0.2) is 0 Å². The van der Waals surface area contributed by atoms with Crippen molar-refractivity contribution in [3.05, 3.63) is 36.0 Å². The summed E-state index contributed by atoms with van der Waals surface area (Å²) in [6.45, 7) is 2.00. The number of benzene rings is 1. The second kappa shape index (κ2) is 4.18. The molecule has 0 aliphatic heterocycles. The molecule has 0 aliphatic carbocycles. The summed E-state index contributed by atoms with van der Waals surface area (Å²) < 4.78 is 0. The summed E-state index contributed by atoms with van der Waals surface area (Å²) in [5, 5.41) is 11.0. The molecule has 0 unspecified atom stereocenters. The lowest BCUT2D eigenvalue weighted by Gasteiger charge is -2.10. The van der Waals surface area contributed by atoms with Crippen LogP contribution in [0.2, 0.25) is 0 Å². The van der Waals surface area contributed by atoms with E-state index in [4.69, 9.17) is 5.73 Å². The fraction of sp³-hybridized carbons (Fsp3) is 0.167. The topological polar surface area (TPSA) is 63.8 Å². The molecule has 0 radical (unpaired) electrons. The van der Waals surface area contributed by atoms with Crippen molar-refractivity contribution >= 4 is 11.5 Å². The summed E-state index contributed by atoms with van der Waals surface area (Å²) in [5.41, 5.74) is 9.75. The summed E-state index contributed by atoms with van der Waals surface area (Å²) in [7, 11) is 1.83. The first-order chi connectivity index (χ1) is 7.74. The summed E-state index contributed by atoms with van der Waals surface area (Å²) in [6.07, 6.45) is 1.74. The van der Waals surface area contributed by atoms with Gasteiger partial charge in [-0.1, -0.05) is 18.2 Å². The number of nitrogen functional groups attached to an aromatic ring is 1. The summed E-state index contributed by atoms with van der Waals surface area (Å²) in [4.78, 5) is 0. The first-order valence-electron chi connectivity index (χ1n) is 5.09. The molecule has 16 heavy (non-hydrogen) atoms. The number of hydrogen-bond donors (Lipinski definition) is 2. The SMILES string of the molecule is CNc1nncc(-c2ccccc2N)c1C. The van der Waals surface area contributed by atoms with E-state index in [1.165, 1.54) is 0 Å². The summed E-state index contributed by atoms with van der Waals surface area (Å²) >= 11 is 0. The molecule has 1 aromatic carbocycles. The Balaban J connectivity index is 2.61. The molecular formula is C12H14N4. The highest BCUT2D eigenvalue weighted by atomic mass is 15.2. The van der Waals surface area contributed by atoms with Crippen LogP contribution in [0.3, 0.4) is 0 Å². The second-order valence-corrected chi connectivity index (χ2v) is 3.57. The first-order valence-corrected chi connectivity index (χ1v) is 5.09. The lowest BCUT2D eigenvalue weighted by molar-refractivity contribution is 1.02. The summed E-state index contributed by atoms with van der Waals surface area (Å²) in [5.74, 6) is 0.778. The fourth-order valence-electron chi connectivity index (χ4n) is 1.70. The molecule has 3 N–H and O–H groups in total. The van der Waals surface area contributed by atoms with Gasteiger partial charge in [0.25, 0.3) is 0 Å². The van der Waals surface area contributed by atoms with Crippen molar-refractivity contribution in [3.63, 3.8) is 0 Å². The highest BCUT2D eigenvalue weighted by molar-refractivity contribution is 5.79. The first kappa shape index (κ1) is 10.4. The monoisotopic (exact) mass is 214 g/mol. The van der Waals surface area contributed by atoms with Gasteiger partial charge in [-0.3, -0.25) is 0 Å². The van der Waals surface area contributed by atoms with Crippen molar-refractivity contribution in [2.75, 3.05) is 18.1 Å². The molecule has 4 heteroatoms. The third-order valence-corrected chi connectivity index (χ3v) is 2.59. The average Bonchev–Trinajstić information content (AvgIpc) is 2.31. The third-order valence-electron chi connectivity index (χ3n) is 2.59. The maximum atomic E-state index is 5.94.